The first kappa shape index (κ1) is 15.3. The summed E-state index contributed by atoms with van der Waals surface area (Å²) in [4.78, 5) is 12.2. The molecule has 0 fully saturated rings. The maximum Gasteiger partial charge on any atom is 0.237 e. The van der Waals surface area contributed by atoms with Crippen molar-refractivity contribution in [3.63, 3.8) is 0 Å². The van der Waals surface area contributed by atoms with Crippen LogP contribution in [0.1, 0.15) is 29.7 Å². The van der Waals surface area contributed by atoms with Gasteiger partial charge in [0, 0.05) is 0 Å². The maximum atomic E-state index is 12.2. The topological polar surface area (TPSA) is 55.1 Å². The number of aryl methyl sites for hydroxylation is 1. The highest BCUT2D eigenvalue weighted by atomic mass is 16.2. The Morgan fingerprint density at radius 2 is 1.86 bits per heavy atom. The van der Waals surface area contributed by atoms with Crippen LogP contribution in [0.25, 0.3) is 0 Å². The fraction of sp³-hybridized carbons (Fsp3) is 0.278. The molecule has 0 bridgehead atoms. The third-order valence-electron chi connectivity index (χ3n) is 3.54. The molecule has 0 saturated carbocycles. The third kappa shape index (κ3) is 4.43. The normalized spacial score (nSPS) is 13.5. The molecule has 0 unspecified atom stereocenters. The van der Waals surface area contributed by atoms with E-state index in [0.717, 1.165) is 11.1 Å². The first-order chi connectivity index (χ1) is 10.1. The van der Waals surface area contributed by atoms with Crippen LogP contribution < -0.4 is 11.1 Å². The van der Waals surface area contributed by atoms with Gasteiger partial charge in [0.15, 0.2) is 0 Å². The first-order valence-electron chi connectivity index (χ1n) is 7.22. The molecule has 21 heavy (non-hydrogen) atoms. The summed E-state index contributed by atoms with van der Waals surface area (Å²) in [6, 6.07) is 17.4. The number of amides is 1. The summed E-state index contributed by atoms with van der Waals surface area (Å²) in [5.41, 5.74) is 9.34. The average Bonchev–Trinajstić information content (AvgIpc) is 2.48. The minimum atomic E-state index is -0.528. The van der Waals surface area contributed by atoms with Crippen molar-refractivity contribution < 1.29 is 4.79 Å². The summed E-state index contributed by atoms with van der Waals surface area (Å²) in [6.07, 6.45) is 0.549. The minimum absolute atomic E-state index is 0.0424. The molecule has 3 heteroatoms. The predicted molar refractivity (Wildman–Crippen MR) is 85.9 cm³/mol. The second-order valence-electron chi connectivity index (χ2n) is 5.44. The molecule has 0 aliphatic carbocycles. The fourth-order valence-corrected chi connectivity index (χ4v) is 2.30. The zero-order valence-corrected chi connectivity index (χ0v) is 12.5. The molecule has 2 aromatic rings. The number of rotatable bonds is 5. The molecule has 2 rings (SSSR count). The van der Waals surface area contributed by atoms with Gasteiger partial charge in [0.2, 0.25) is 5.91 Å². The third-order valence-corrected chi connectivity index (χ3v) is 3.54. The summed E-state index contributed by atoms with van der Waals surface area (Å²) in [5.74, 6) is -0.118. The van der Waals surface area contributed by atoms with E-state index in [-0.39, 0.29) is 11.9 Å². The molecule has 0 spiro atoms. The molecular formula is C18H22N2O. The molecule has 0 heterocycles. The van der Waals surface area contributed by atoms with E-state index < -0.39 is 6.04 Å². The molecule has 0 radical (unpaired) electrons. The van der Waals surface area contributed by atoms with Crippen molar-refractivity contribution >= 4 is 5.91 Å². The van der Waals surface area contributed by atoms with E-state index in [1.807, 2.05) is 62.4 Å². The highest BCUT2D eigenvalue weighted by molar-refractivity contribution is 5.82. The predicted octanol–water partition coefficient (Wildman–Crippen LogP) is 2.74. The smallest absolute Gasteiger partial charge is 0.237 e. The van der Waals surface area contributed by atoms with Crippen molar-refractivity contribution in [2.75, 3.05) is 0 Å². The second-order valence-corrected chi connectivity index (χ2v) is 5.44. The Morgan fingerprint density at radius 1 is 1.14 bits per heavy atom. The molecule has 2 atom stereocenters. The second kappa shape index (κ2) is 7.04. The SMILES string of the molecule is Cc1cccc([C@H](C)NC(=O)[C@@H](N)Cc2ccccc2)c1. The Balaban J connectivity index is 1.94. The van der Waals surface area contributed by atoms with Gasteiger partial charge in [-0.05, 0) is 31.4 Å². The lowest BCUT2D eigenvalue weighted by Crippen LogP contribution is -2.42. The Morgan fingerprint density at radius 3 is 2.52 bits per heavy atom. The van der Waals surface area contributed by atoms with Gasteiger partial charge in [-0.25, -0.2) is 0 Å². The lowest BCUT2D eigenvalue weighted by Gasteiger charge is -2.18. The van der Waals surface area contributed by atoms with Crippen LogP contribution in [0.2, 0.25) is 0 Å². The first-order valence-corrected chi connectivity index (χ1v) is 7.22. The zero-order valence-electron chi connectivity index (χ0n) is 12.5. The van der Waals surface area contributed by atoms with Gasteiger partial charge in [-0.3, -0.25) is 4.79 Å². The fourth-order valence-electron chi connectivity index (χ4n) is 2.30. The molecular weight excluding hydrogens is 260 g/mol. The van der Waals surface area contributed by atoms with Crippen molar-refractivity contribution in [3.8, 4) is 0 Å². The van der Waals surface area contributed by atoms with Crippen LogP contribution in [0.4, 0.5) is 0 Å². The van der Waals surface area contributed by atoms with Gasteiger partial charge >= 0.3 is 0 Å². The van der Waals surface area contributed by atoms with Crippen LogP contribution in [0.5, 0.6) is 0 Å². The van der Waals surface area contributed by atoms with Gasteiger partial charge < -0.3 is 11.1 Å². The highest BCUT2D eigenvalue weighted by Gasteiger charge is 2.17. The van der Waals surface area contributed by atoms with Gasteiger partial charge in [0.25, 0.3) is 0 Å². The van der Waals surface area contributed by atoms with Crippen molar-refractivity contribution in [3.05, 3.63) is 71.3 Å². The molecule has 2 aromatic carbocycles. The lowest BCUT2D eigenvalue weighted by atomic mass is 10.0. The Bertz CT molecular complexity index is 595. The molecule has 0 aliphatic rings. The van der Waals surface area contributed by atoms with Crippen molar-refractivity contribution in [2.24, 2.45) is 5.73 Å². The van der Waals surface area contributed by atoms with Gasteiger partial charge in [-0.15, -0.1) is 0 Å². The molecule has 0 aliphatic heterocycles. The Hall–Kier alpha value is -2.13. The van der Waals surface area contributed by atoms with E-state index in [1.165, 1.54) is 5.56 Å². The average molecular weight is 282 g/mol. The van der Waals surface area contributed by atoms with E-state index in [9.17, 15) is 4.79 Å². The number of benzene rings is 2. The van der Waals surface area contributed by atoms with E-state index in [4.69, 9.17) is 5.73 Å². The van der Waals surface area contributed by atoms with Crippen LogP contribution in [0, 0.1) is 6.92 Å². The number of carbonyl (C=O) groups excluding carboxylic acids is 1. The minimum Gasteiger partial charge on any atom is -0.348 e. The molecule has 3 nitrogen and oxygen atoms in total. The quantitative estimate of drug-likeness (QED) is 0.886. The summed E-state index contributed by atoms with van der Waals surface area (Å²) >= 11 is 0. The molecule has 0 aromatic heterocycles. The van der Waals surface area contributed by atoms with Crippen LogP contribution in [0.3, 0.4) is 0 Å². The highest BCUT2D eigenvalue weighted by Crippen LogP contribution is 2.14. The number of hydrogen-bond acceptors (Lipinski definition) is 2. The summed E-state index contributed by atoms with van der Waals surface area (Å²) in [6.45, 7) is 4.01. The number of nitrogens with one attached hydrogen (secondary N) is 1. The summed E-state index contributed by atoms with van der Waals surface area (Å²) < 4.78 is 0. The van der Waals surface area contributed by atoms with E-state index >= 15 is 0 Å². The van der Waals surface area contributed by atoms with Crippen LogP contribution in [-0.4, -0.2) is 11.9 Å². The zero-order chi connectivity index (χ0) is 15.2. The number of carbonyl (C=O) groups is 1. The lowest BCUT2D eigenvalue weighted by molar-refractivity contribution is -0.123. The number of nitrogens with two attached hydrogens (primary N) is 1. The van der Waals surface area contributed by atoms with Gasteiger partial charge in [-0.2, -0.15) is 0 Å². The van der Waals surface area contributed by atoms with E-state index in [2.05, 4.69) is 11.4 Å². The molecule has 3 N–H and O–H groups in total. The van der Waals surface area contributed by atoms with Gasteiger partial charge in [0.1, 0.15) is 0 Å². The monoisotopic (exact) mass is 282 g/mol. The molecule has 110 valence electrons. The van der Waals surface area contributed by atoms with Crippen molar-refractivity contribution in [1.82, 2.24) is 5.32 Å². The van der Waals surface area contributed by atoms with Crippen LogP contribution in [0.15, 0.2) is 54.6 Å². The van der Waals surface area contributed by atoms with Crippen LogP contribution >= 0.6 is 0 Å². The Kier molecular flexibility index (Phi) is 5.12. The van der Waals surface area contributed by atoms with Crippen molar-refractivity contribution in [1.29, 1.82) is 0 Å². The largest absolute Gasteiger partial charge is 0.348 e. The Labute approximate surface area is 126 Å². The van der Waals surface area contributed by atoms with Crippen LogP contribution in [-0.2, 0) is 11.2 Å². The summed E-state index contributed by atoms with van der Waals surface area (Å²) in [7, 11) is 0. The summed E-state index contributed by atoms with van der Waals surface area (Å²) in [5, 5.41) is 2.98. The standard InChI is InChI=1S/C18H22N2O/c1-13-7-6-10-16(11-13)14(2)20-18(21)17(19)12-15-8-4-3-5-9-15/h3-11,14,17H,12,19H2,1-2H3,(H,20,21)/t14-,17-/m0/s1. The van der Waals surface area contributed by atoms with E-state index in [0.29, 0.717) is 6.42 Å². The molecule has 1 amide bonds. The van der Waals surface area contributed by atoms with Gasteiger partial charge in [-0.1, -0.05) is 60.2 Å². The number of hydrogen-bond donors (Lipinski definition) is 2. The van der Waals surface area contributed by atoms with E-state index in [1.54, 1.807) is 0 Å². The maximum absolute atomic E-state index is 12.2. The molecule has 0 saturated heterocycles. The van der Waals surface area contributed by atoms with Gasteiger partial charge in [0.05, 0.1) is 12.1 Å². The van der Waals surface area contributed by atoms with Crippen molar-refractivity contribution in [2.45, 2.75) is 32.4 Å².